The fourth-order valence-corrected chi connectivity index (χ4v) is 6.91. The van der Waals surface area contributed by atoms with Crippen molar-refractivity contribution in [2.75, 3.05) is 0 Å². The Bertz CT molecular complexity index is 757. The van der Waals surface area contributed by atoms with Crippen LogP contribution in [0.2, 0.25) is 0 Å². The van der Waals surface area contributed by atoms with Gasteiger partial charge in [0.05, 0.1) is 12.1 Å². The third kappa shape index (κ3) is 2.94. The molecule has 0 aromatic rings. The van der Waals surface area contributed by atoms with Gasteiger partial charge in [0.2, 0.25) is 11.8 Å². The van der Waals surface area contributed by atoms with Crippen LogP contribution in [-0.4, -0.2) is 35.1 Å². The van der Waals surface area contributed by atoms with Gasteiger partial charge in [-0.25, -0.2) is 0 Å². The lowest BCUT2D eigenvalue weighted by molar-refractivity contribution is -0.120. The van der Waals surface area contributed by atoms with E-state index in [0.29, 0.717) is 11.8 Å². The predicted octanol–water partition coefficient (Wildman–Crippen LogP) is 2.85. The number of carbonyl (C=O) groups excluding carboxylic acids is 2. The highest BCUT2D eigenvalue weighted by Gasteiger charge is 2.56. The van der Waals surface area contributed by atoms with E-state index in [2.05, 4.69) is 30.6 Å². The van der Waals surface area contributed by atoms with E-state index in [0.717, 1.165) is 38.5 Å². The zero-order valence-corrected chi connectivity index (χ0v) is 17.5. The van der Waals surface area contributed by atoms with Gasteiger partial charge in [-0.2, -0.15) is 0 Å². The molecule has 7 atom stereocenters. The normalized spacial score (nSPS) is 44.4. The lowest BCUT2D eigenvalue weighted by Gasteiger charge is -2.56. The minimum atomic E-state index is -0.380. The fraction of sp³-hybridized carbons (Fsp3) is 0.739. The third-order valence-electron chi connectivity index (χ3n) is 8.30. The molecule has 5 nitrogen and oxygen atoms in total. The number of rotatable bonds is 2. The maximum absolute atomic E-state index is 12.0. The summed E-state index contributed by atoms with van der Waals surface area (Å²) in [4.78, 5) is 23.8. The van der Waals surface area contributed by atoms with Gasteiger partial charge in [0.15, 0.2) is 0 Å². The molecule has 4 aliphatic carbocycles. The molecule has 2 fully saturated rings. The Morgan fingerprint density at radius 2 is 1.82 bits per heavy atom. The molecule has 3 N–H and O–H groups in total. The van der Waals surface area contributed by atoms with E-state index in [4.69, 9.17) is 0 Å². The van der Waals surface area contributed by atoms with Gasteiger partial charge in [0.1, 0.15) is 0 Å². The average Bonchev–Trinajstić information content (AvgIpc) is 2.92. The van der Waals surface area contributed by atoms with E-state index >= 15 is 0 Å². The topological polar surface area (TPSA) is 78.4 Å². The van der Waals surface area contributed by atoms with Crippen LogP contribution in [-0.2, 0) is 9.59 Å². The standard InChI is InChI=1S/C23H34N2O3/c1-13(26)24-19-12-15-11-16(28)7-9-22(15,3)18-8-10-23(4)17(21(18)19)5-6-20(23)25-14(2)27/h7,9,15-16,18-20,28H,5-6,8,10-12H2,1-4H3,(H,24,26)(H,25,27)/t15-,16?,18-,19-,20-,22-,23-/m0/s1. The van der Waals surface area contributed by atoms with E-state index in [1.165, 1.54) is 11.1 Å². The smallest absolute Gasteiger partial charge is 0.217 e. The number of amides is 2. The van der Waals surface area contributed by atoms with Crippen molar-refractivity contribution < 1.29 is 14.7 Å². The maximum Gasteiger partial charge on any atom is 0.217 e. The molecule has 0 heterocycles. The summed E-state index contributed by atoms with van der Waals surface area (Å²) in [6.07, 6.45) is 9.60. The molecule has 4 rings (SSSR count). The third-order valence-corrected chi connectivity index (χ3v) is 8.30. The molecule has 0 aromatic carbocycles. The van der Waals surface area contributed by atoms with Crippen LogP contribution in [0.15, 0.2) is 23.3 Å². The second kappa shape index (κ2) is 6.72. The molecular weight excluding hydrogens is 352 g/mol. The first kappa shape index (κ1) is 19.7. The van der Waals surface area contributed by atoms with Crippen LogP contribution in [0, 0.1) is 22.7 Å². The SMILES string of the molecule is CC(=O)N[C@H]1C[C@@H]2CC(O)C=C[C@]2(C)[C@H]2CC[C@@]3(C)C(=C12)CC[C@@H]3NC(C)=O. The monoisotopic (exact) mass is 386 g/mol. The van der Waals surface area contributed by atoms with Crippen molar-refractivity contribution in [3.63, 3.8) is 0 Å². The highest BCUT2D eigenvalue weighted by molar-refractivity contribution is 5.74. The van der Waals surface area contributed by atoms with Crippen molar-refractivity contribution in [1.82, 2.24) is 10.6 Å². The Hall–Kier alpha value is -1.62. The average molecular weight is 387 g/mol. The van der Waals surface area contributed by atoms with Gasteiger partial charge in [-0.1, -0.05) is 31.6 Å². The number of allylic oxidation sites excluding steroid dienone is 1. The Balaban J connectivity index is 1.80. The highest BCUT2D eigenvalue weighted by atomic mass is 16.3. The minimum absolute atomic E-state index is 0.0102. The summed E-state index contributed by atoms with van der Waals surface area (Å²) in [5.41, 5.74) is 2.91. The second-order valence-corrected chi connectivity index (χ2v) is 9.95. The van der Waals surface area contributed by atoms with Crippen molar-refractivity contribution in [3.8, 4) is 0 Å². The number of aliphatic hydroxyl groups is 1. The first-order valence-corrected chi connectivity index (χ1v) is 10.8. The summed E-state index contributed by atoms with van der Waals surface area (Å²) < 4.78 is 0. The van der Waals surface area contributed by atoms with Gasteiger partial charge >= 0.3 is 0 Å². The molecule has 0 bridgehead atoms. The largest absolute Gasteiger partial charge is 0.389 e. The summed E-state index contributed by atoms with van der Waals surface area (Å²) in [5.74, 6) is 0.815. The van der Waals surface area contributed by atoms with E-state index in [-0.39, 0.29) is 40.8 Å². The van der Waals surface area contributed by atoms with Crippen molar-refractivity contribution in [3.05, 3.63) is 23.3 Å². The Labute approximate surface area is 168 Å². The lowest BCUT2D eigenvalue weighted by Crippen LogP contribution is -2.55. The minimum Gasteiger partial charge on any atom is -0.389 e. The van der Waals surface area contributed by atoms with Gasteiger partial charge in [-0.15, -0.1) is 0 Å². The van der Waals surface area contributed by atoms with Crippen molar-refractivity contribution in [2.45, 2.75) is 84.4 Å². The number of fused-ring (bicyclic) bond motifs is 4. The molecule has 0 spiro atoms. The van der Waals surface area contributed by atoms with Gasteiger partial charge in [-0.3, -0.25) is 9.59 Å². The van der Waals surface area contributed by atoms with Crippen LogP contribution in [0.5, 0.6) is 0 Å². The fourth-order valence-electron chi connectivity index (χ4n) is 6.91. The molecule has 154 valence electrons. The molecule has 0 aliphatic heterocycles. The lowest BCUT2D eigenvalue weighted by atomic mass is 9.50. The van der Waals surface area contributed by atoms with E-state index in [9.17, 15) is 14.7 Å². The molecule has 28 heavy (non-hydrogen) atoms. The van der Waals surface area contributed by atoms with Crippen LogP contribution in [0.25, 0.3) is 0 Å². The van der Waals surface area contributed by atoms with Crippen LogP contribution in [0.4, 0.5) is 0 Å². The van der Waals surface area contributed by atoms with Crippen LogP contribution in [0.3, 0.4) is 0 Å². The first-order chi connectivity index (χ1) is 13.1. The summed E-state index contributed by atoms with van der Waals surface area (Å²) >= 11 is 0. The molecule has 1 unspecified atom stereocenters. The summed E-state index contributed by atoms with van der Waals surface area (Å²) in [5, 5.41) is 16.6. The summed E-state index contributed by atoms with van der Waals surface area (Å²) in [6, 6.07) is 0.227. The molecule has 2 amide bonds. The van der Waals surface area contributed by atoms with Gasteiger partial charge in [0, 0.05) is 25.3 Å². The van der Waals surface area contributed by atoms with Gasteiger partial charge < -0.3 is 15.7 Å². The number of hydrogen-bond acceptors (Lipinski definition) is 3. The molecule has 0 radical (unpaired) electrons. The van der Waals surface area contributed by atoms with E-state index in [1.54, 1.807) is 13.8 Å². The van der Waals surface area contributed by atoms with Gasteiger partial charge in [-0.05, 0) is 61.3 Å². The summed E-state index contributed by atoms with van der Waals surface area (Å²) in [6.45, 7) is 7.85. The van der Waals surface area contributed by atoms with Crippen molar-refractivity contribution in [2.24, 2.45) is 22.7 Å². The number of hydrogen-bond donors (Lipinski definition) is 3. The van der Waals surface area contributed by atoms with Crippen LogP contribution < -0.4 is 10.6 Å². The van der Waals surface area contributed by atoms with E-state index < -0.39 is 0 Å². The summed E-state index contributed by atoms with van der Waals surface area (Å²) in [7, 11) is 0. The van der Waals surface area contributed by atoms with Crippen LogP contribution >= 0.6 is 0 Å². The Kier molecular flexibility index (Phi) is 4.72. The Morgan fingerprint density at radius 1 is 1.11 bits per heavy atom. The molecule has 2 saturated carbocycles. The maximum atomic E-state index is 12.0. The van der Waals surface area contributed by atoms with Crippen molar-refractivity contribution >= 4 is 11.8 Å². The molecule has 4 aliphatic rings. The first-order valence-electron chi connectivity index (χ1n) is 10.8. The molecular formula is C23H34N2O3. The second-order valence-electron chi connectivity index (χ2n) is 9.95. The zero-order valence-electron chi connectivity index (χ0n) is 17.5. The number of aliphatic hydroxyl groups excluding tert-OH is 1. The molecule has 0 saturated heterocycles. The zero-order chi connectivity index (χ0) is 20.3. The molecule has 5 heteroatoms. The number of nitrogens with one attached hydrogen (secondary N) is 2. The predicted molar refractivity (Wildman–Crippen MR) is 108 cm³/mol. The Morgan fingerprint density at radius 3 is 2.50 bits per heavy atom. The number of carbonyl (C=O) groups is 2. The quantitative estimate of drug-likeness (QED) is 0.639. The van der Waals surface area contributed by atoms with Crippen LogP contribution in [0.1, 0.15) is 66.2 Å². The highest BCUT2D eigenvalue weighted by Crippen LogP contribution is 2.62. The molecule has 0 aromatic heterocycles. The van der Waals surface area contributed by atoms with Crippen molar-refractivity contribution in [1.29, 1.82) is 0 Å². The van der Waals surface area contributed by atoms with E-state index in [1.807, 2.05) is 6.08 Å². The van der Waals surface area contributed by atoms with Gasteiger partial charge in [0.25, 0.3) is 0 Å².